The Balaban J connectivity index is 1.67. The standard InChI is InChI=1S/C26H24N4O2S2/c1-13-10-11-20(14(2)12-13)30-25(32)18-8-6-7-9-19(18)27-26(30)34-17(5)22-28-23(31)21-15(3)16(4)33-24(21)29-22/h6-12,17H,1-5H3,(H,28,29,31). The lowest BCUT2D eigenvalue weighted by Gasteiger charge is -2.18. The molecule has 5 rings (SSSR count). The van der Waals surface area contributed by atoms with Crippen LogP contribution >= 0.6 is 23.1 Å². The van der Waals surface area contributed by atoms with Crippen LogP contribution in [0.3, 0.4) is 0 Å². The van der Waals surface area contributed by atoms with Crippen molar-refractivity contribution in [3.63, 3.8) is 0 Å². The van der Waals surface area contributed by atoms with Crippen LogP contribution in [0.5, 0.6) is 0 Å². The third-order valence-electron chi connectivity index (χ3n) is 6.06. The third kappa shape index (κ3) is 3.76. The van der Waals surface area contributed by atoms with E-state index in [1.54, 1.807) is 10.6 Å². The molecule has 3 heterocycles. The average Bonchev–Trinajstić information content (AvgIpc) is 3.08. The van der Waals surface area contributed by atoms with Gasteiger partial charge in [0.2, 0.25) is 0 Å². The van der Waals surface area contributed by atoms with Gasteiger partial charge in [0.1, 0.15) is 10.7 Å². The van der Waals surface area contributed by atoms with Crippen molar-refractivity contribution in [2.45, 2.75) is 45.0 Å². The topological polar surface area (TPSA) is 80.6 Å². The molecule has 34 heavy (non-hydrogen) atoms. The van der Waals surface area contributed by atoms with Gasteiger partial charge in [-0.15, -0.1) is 11.3 Å². The molecule has 0 aliphatic heterocycles. The summed E-state index contributed by atoms with van der Waals surface area (Å²) in [6.45, 7) is 9.94. The van der Waals surface area contributed by atoms with Crippen molar-refractivity contribution in [2.24, 2.45) is 0 Å². The fraction of sp³-hybridized carbons (Fsp3) is 0.231. The van der Waals surface area contributed by atoms with E-state index in [1.165, 1.54) is 23.1 Å². The van der Waals surface area contributed by atoms with Gasteiger partial charge in [-0.05, 0) is 63.9 Å². The van der Waals surface area contributed by atoms with Crippen molar-refractivity contribution in [3.05, 3.63) is 90.6 Å². The van der Waals surface area contributed by atoms with Crippen LogP contribution in [0.1, 0.15) is 39.6 Å². The molecule has 0 aliphatic carbocycles. The Bertz CT molecular complexity index is 1700. The van der Waals surface area contributed by atoms with Gasteiger partial charge in [0, 0.05) is 4.88 Å². The van der Waals surface area contributed by atoms with Gasteiger partial charge in [-0.25, -0.2) is 9.97 Å². The zero-order valence-corrected chi connectivity index (χ0v) is 21.2. The number of aryl methyl sites for hydroxylation is 4. The number of fused-ring (bicyclic) bond motifs is 2. The van der Waals surface area contributed by atoms with Gasteiger partial charge >= 0.3 is 0 Å². The van der Waals surface area contributed by atoms with E-state index in [1.807, 2.05) is 65.0 Å². The molecule has 2 aromatic carbocycles. The minimum atomic E-state index is -0.232. The molecule has 0 radical (unpaired) electrons. The molecule has 1 atom stereocenters. The van der Waals surface area contributed by atoms with Crippen LogP contribution in [0.15, 0.2) is 57.2 Å². The molecule has 6 nitrogen and oxygen atoms in total. The molecule has 0 bridgehead atoms. The number of rotatable bonds is 4. The zero-order chi connectivity index (χ0) is 24.1. The molecule has 3 aromatic heterocycles. The number of para-hydroxylation sites is 1. The summed E-state index contributed by atoms with van der Waals surface area (Å²) < 4.78 is 1.67. The Labute approximate surface area is 204 Å². The maximum Gasteiger partial charge on any atom is 0.266 e. The number of aromatic amines is 1. The van der Waals surface area contributed by atoms with Crippen LogP contribution in [0.25, 0.3) is 26.8 Å². The summed E-state index contributed by atoms with van der Waals surface area (Å²) in [5.41, 5.74) is 4.28. The van der Waals surface area contributed by atoms with E-state index in [2.05, 4.69) is 11.1 Å². The summed E-state index contributed by atoms with van der Waals surface area (Å²) in [5.74, 6) is 0.568. The van der Waals surface area contributed by atoms with E-state index in [9.17, 15) is 9.59 Å². The van der Waals surface area contributed by atoms with Gasteiger partial charge in [-0.2, -0.15) is 0 Å². The van der Waals surface area contributed by atoms with Gasteiger partial charge in [0.05, 0.1) is 27.2 Å². The first-order valence-electron chi connectivity index (χ1n) is 11.0. The predicted molar refractivity (Wildman–Crippen MR) is 141 cm³/mol. The van der Waals surface area contributed by atoms with Crippen molar-refractivity contribution in [1.82, 2.24) is 19.5 Å². The number of hydrogen-bond donors (Lipinski definition) is 1. The van der Waals surface area contributed by atoms with E-state index >= 15 is 0 Å². The molecule has 8 heteroatoms. The maximum atomic E-state index is 13.6. The van der Waals surface area contributed by atoms with Crippen molar-refractivity contribution < 1.29 is 0 Å². The highest BCUT2D eigenvalue weighted by Crippen LogP contribution is 2.35. The van der Waals surface area contributed by atoms with Gasteiger partial charge in [0.15, 0.2) is 5.16 Å². The Morgan fingerprint density at radius 3 is 2.56 bits per heavy atom. The zero-order valence-electron chi connectivity index (χ0n) is 19.6. The molecule has 0 amide bonds. The van der Waals surface area contributed by atoms with E-state index in [0.29, 0.717) is 27.3 Å². The van der Waals surface area contributed by atoms with Crippen molar-refractivity contribution in [1.29, 1.82) is 0 Å². The summed E-state index contributed by atoms with van der Waals surface area (Å²) in [7, 11) is 0. The summed E-state index contributed by atoms with van der Waals surface area (Å²) in [5, 5.41) is 1.55. The minimum absolute atomic E-state index is 0.117. The van der Waals surface area contributed by atoms with Crippen LogP contribution in [0.4, 0.5) is 0 Å². The molecule has 0 spiro atoms. The summed E-state index contributed by atoms with van der Waals surface area (Å²) >= 11 is 2.94. The molecule has 0 saturated carbocycles. The highest BCUT2D eigenvalue weighted by atomic mass is 32.2. The second kappa shape index (κ2) is 8.52. The van der Waals surface area contributed by atoms with E-state index in [0.717, 1.165) is 32.1 Å². The van der Waals surface area contributed by atoms with Gasteiger partial charge in [-0.3, -0.25) is 14.2 Å². The smallest absolute Gasteiger partial charge is 0.266 e. The van der Waals surface area contributed by atoms with Crippen LogP contribution in [-0.4, -0.2) is 19.5 Å². The number of H-pyrrole nitrogens is 1. The third-order valence-corrected chi connectivity index (χ3v) is 8.23. The number of thioether (sulfide) groups is 1. The first-order valence-corrected chi connectivity index (χ1v) is 12.7. The Morgan fingerprint density at radius 1 is 1.03 bits per heavy atom. The summed E-state index contributed by atoms with van der Waals surface area (Å²) in [6.07, 6.45) is 0. The second-order valence-corrected chi connectivity index (χ2v) is 11.0. The highest BCUT2D eigenvalue weighted by Gasteiger charge is 2.21. The molecular weight excluding hydrogens is 464 g/mol. The number of aromatic nitrogens is 4. The van der Waals surface area contributed by atoms with Gasteiger partial charge < -0.3 is 4.98 Å². The largest absolute Gasteiger partial charge is 0.309 e. The number of benzene rings is 2. The number of nitrogens with zero attached hydrogens (tertiary/aromatic N) is 3. The molecule has 0 saturated heterocycles. The first kappa shape index (κ1) is 22.6. The predicted octanol–water partition coefficient (Wildman–Crippen LogP) is 5.77. The fourth-order valence-electron chi connectivity index (χ4n) is 4.14. The molecule has 0 fully saturated rings. The molecule has 1 N–H and O–H groups in total. The minimum Gasteiger partial charge on any atom is -0.309 e. The molecule has 172 valence electrons. The summed E-state index contributed by atoms with van der Waals surface area (Å²) in [6, 6.07) is 13.4. The van der Waals surface area contributed by atoms with Crippen LogP contribution in [0, 0.1) is 27.7 Å². The lowest BCUT2D eigenvalue weighted by Crippen LogP contribution is -2.23. The quantitative estimate of drug-likeness (QED) is 0.257. The maximum absolute atomic E-state index is 13.6. The fourth-order valence-corrected chi connectivity index (χ4v) is 6.15. The molecular formula is C26H24N4O2S2. The summed E-state index contributed by atoms with van der Waals surface area (Å²) in [4.78, 5) is 40.8. The normalized spacial score (nSPS) is 12.5. The SMILES string of the molecule is Cc1ccc(-n2c(SC(C)c3nc4sc(C)c(C)c4c(=O)[nH]3)nc3ccccc3c2=O)c(C)c1. The van der Waals surface area contributed by atoms with Crippen molar-refractivity contribution in [2.75, 3.05) is 0 Å². The van der Waals surface area contributed by atoms with Crippen molar-refractivity contribution in [3.8, 4) is 5.69 Å². The van der Waals surface area contributed by atoms with E-state index in [-0.39, 0.29) is 16.4 Å². The Morgan fingerprint density at radius 2 is 1.79 bits per heavy atom. The Kier molecular flexibility index (Phi) is 5.65. The first-order chi connectivity index (χ1) is 16.2. The molecule has 0 aliphatic rings. The van der Waals surface area contributed by atoms with Gasteiger partial charge in [0.25, 0.3) is 11.1 Å². The second-order valence-electron chi connectivity index (χ2n) is 8.52. The number of thiophene rings is 1. The lowest BCUT2D eigenvalue weighted by atomic mass is 10.1. The highest BCUT2D eigenvalue weighted by molar-refractivity contribution is 7.99. The van der Waals surface area contributed by atoms with Crippen LogP contribution in [-0.2, 0) is 0 Å². The Hall–Kier alpha value is -3.23. The average molecular weight is 489 g/mol. The van der Waals surface area contributed by atoms with Gasteiger partial charge in [-0.1, -0.05) is 41.6 Å². The molecule has 5 aromatic rings. The van der Waals surface area contributed by atoms with Crippen LogP contribution < -0.4 is 11.1 Å². The monoisotopic (exact) mass is 488 g/mol. The van der Waals surface area contributed by atoms with E-state index in [4.69, 9.17) is 9.97 Å². The number of hydrogen-bond acceptors (Lipinski definition) is 6. The molecule has 1 unspecified atom stereocenters. The van der Waals surface area contributed by atoms with E-state index < -0.39 is 0 Å². The number of nitrogens with one attached hydrogen (secondary N) is 1. The lowest BCUT2D eigenvalue weighted by molar-refractivity contribution is 0.805. The van der Waals surface area contributed by atoms with Crippen molar-refractivity contribution >= 4 is 44.2 Å². The van der Waals surface area contributed by atoms with Crippen LogP contribution in [0.2, 0.25) is 0 Å².